The van der Waals surface area contributed by atoms with Crippen LogP contribution in [0.4, 0.5) is 5.69 Å². The fourth-order valence-electron chi connectivity index (χ4n) is 2.88. The Bertz CT molecular complexity index is 1040. The van der Waals surface area contributed by atoms with Gasteiger partial charge in [0, 0.05) is 31.7 Å². The number of benzene rings is 2. The lowest BCUT2D eigenvalue weighted by Crippen LogP contribution is -2.48. The van der Waals surface area contributed by atoms with E-state index in [9.17, 15) is 18.0 Å². The second kappa shape index (κ2) is 8.10. The number of nitrogens with one attached hydrogen (secondary N) is 1. The third-order valence-electron chi connectivity index (χ3n) is 4.39. The van der Waals surface area contributed by atoms with Crippen molar-refractivity contribution in [2.24, 2.45) is 0 Å². The van der Waals surface area contributed by atoms with Crippen LogP contribution in [-0.2, 0) is 14.8 Å². The quantitative estimate of drug-likeness (QED) is 0.763. The topological polar surface area (TPSA) is 111 Å². The molecule has 0 atom stereocenters. The molecule has 1 heterocycles. The lowest BCUT2D eigenvalue weighted by molar-refractivity contribution is -0.119. The highest BCUT2D eigenvalue weighted by molar-refractivity contribution is 7.92. The van der Waals surface area contributed by atoms with Gasteiger partial charge in [0.15, 0.2) is 0 Å². The van der Waals surface area contributed by atoms with E-state index in [0.717, 1.165) is 6.41 Å². The van der Waals surface area contributed by atoms with E-state index in [-0.39, 0.29) is 22.1 Å². The van der Waals surface area contributed by atoms with Crippen LogP contribution in [0.15, 0.2) is 53.4 Å². The molecule has 2 aromatic carbocycles. The largest absolute Gasteiger partial charge is 0.342 e. The normalized spacial score (nSPS) is 14.2. The van der Waals surface area contributed by atoms with E-state index >= 15 is 0 Å². The lowest BCUT2D eigenvalue weighted by atomic mass is 10.2. The summed E-state index contributed by atoms with van der Waals surface area (Å²) < 4.78 is 27.8. The average molecular weight is 398 g/mol. The lowest BCUT2D eigenvalue weighted by Gasteiger charge is -2.32. The van der Waals surface area contributed by atoms with Crippen molar-refractivity contribution in [2.75, 3.05) is 30.9 Å². The molecule has 0 unspecified atom stereocenters. The summed E-state index contributed by atoms with van der Waals surface area (Å²) in [4.78, 5) is 26.6. The number of carbonyl (C=O) groups is 2. The van der Waals surface area contributed by atoms with E-state index in [0.29, 0.717) is 31.7 Å². The van der Waals surface area contributed by atoms with Crippen LogP contribution >= 0.6 is 0 Å². The molecular formula is C19H18N4O4S. The molecule has 0 aliphatic carbocycles. The summed E-state index contributed by atoms with van der Waals surface area (Å²) in [7, 11) is -3.92. The molecule has 0 spiro atoms. The van der Waals surface area contributed by atoms with Crippen molar-refractivity contribution in [3.63, 3.8) is 0 Å². The summed E-state index contributed by atoms with van der Waals surface area (Å²) in [5.41, 5.74) is 0.854. The monoisotopic (exact) mass is 398 g/mol. The number of hydrogen-bond donors (Lipinski definition) is 1. The number of amides is 2. The number of nitriles is 1. The molecule has 2 aromatic rings. The van der Waals surface area contributed by atoms with E-state index < -0.39 is 10.0 Å². The Hall–Kier alpha value is -3.38. The van der Waals surface area contributed by atoms with Crippen molar-refractivity contribution in [3.05, 3.63) is 59.7 Å². The maximum Gasteiger partial charge on any atom is 0.261 e. The van der Waals surface area contributed by atoms with Gasteiger partial charge in [-0.2, -0.15) is 5.26 Å². The highest BCUT2D eigenvalue weighted by atomic mass is 32.2. The van der Waals surface area contributed by atoms with Crippen molar-refractivity contribution >= 4 is 28.0 Å². The van der Waals surface area contributed by atoms with Crippen molar-refractivity contribution in [3.8, 4) is 6.07 Å². The summed E-state index contributed by atoms with van der Waals surface area (Å²) in [5.74, 6) is -0.283. The van der Waals surface area contributed by atoms with Gasteiger partial charge in [0.05, 0.1) is 22.2 Å². The molecule has 3 rings (SSSR count). The third-order valence-corrected chi connectivity index (χ3v) is 5.76. The Morgan fingerprint density at radius 3 is 2.46 bits per heavy atom. The van der Waals surface area contributed by atoms with Gasteiger partial charge in [0.2, 0.25) is 6.41 Å². The Morgan fingerprint density at radius 2 is 1.79 bits per heavy atom. The first kappa shape index (κ1) is 19.4. The second-order valence-electron chi connectivity index (χ2n) is 6.26. The SMILES string of the molecule is N#Cc1cccc(NS(=O)(=O)c2cccc(C(=O)N3CCN(C=O)CC3)c2)c1. The van der Waals surface area contributed by atoms with E-state index in [4.69, 9.17) is 5.26 Å². The number of anilines is 1. The van der Waals surface area contributed by atoms with Gasteiger partial charge in [-0.25, -0.2) is 8.42 Å². The number of carbonyl (C=O) groups excluding carboxylic acids is 2. The van der Waals surface area contributed by atoms with Gasteiger partial charge >= 0.3 is 0 Å². The van der Waals surface area contributed by atoms with Crippen LogP contribution < -0.4 is 4.72 Å². The minimum Gasteiger partial charge on any atom is -0.342 e. The zero-order chi connectivity index (χ0) is 20.1. The molecule has 1 aliphatic heterocycles. The van der Waals surface area contributed by atoms with Crippen LogP contribution in [0.2, 0.25) is 0 Å². The fraction of sp³-hybridized carbons (Fsp3) is 0.211. The number of rotatable bonds is 5. The zero-order valence-corrected chi connectivity index (χ0v) is 15.7. The molecule has 0 saturated carbocycles. The van der Waals surface area contributed by atoms with Crippen LogP contribution in [0.1, 0.15) is 15.9 Å². The minimum atomic E-state index is -3.92. The number of sulfonamides is 1. The van der Waals surface area contributed by atoms with Gasteiger partial charge in [-0.05, 0) is 36.4 Å². The van der Waals surface area contributed by atoms with E-state index in [1.54, 1.807) is 34.1 Å². The molecule has 9 heteroatoms. The molecule has 0 bridgehead atoms. The molecule has 1 fully saturated rings. The molecule has 2 amide bonds. The minimum absolute atomic E-state index is 0.0489. The first-order valence-electron chi connectivity index (χ1n) is 8.54. The van der Waals surface area contributed by atoms with E-state index in [1.807, 2.05) is 6.07 Å². The van der Waals surface area contributed by atoms with Crippen molar-refractivity contribution in [1.82, 2.24) is 9.80 Å². The average Bonchev–Trinajstić information content (AvgIpc) is 2.73. The summed E-state index contributed by atoms with van der Waals surface area (Å²) in [6, 6.07) is 13.9. The van der Waals surface area contributed by atoms with Gasteiger partial charge < -0.3 is 9.80 Å². The van der Waals surface area contributed by atoms with Crippen molar-refractivity contribution in [2.45, 2.75) is 4.90 Å². The smallest absolute Gasteiger partial charge is 0.261 e. The standard InChI is InChI=1S/C19H18N4O4S/c20-13-15-3-1-5-17(11-15)21-28(26,27)18-6-2-4-16(12-18)19(25)23-9-7-22(14-24)8-10-23/h1-6,11-12,14,21H,7-10H2. The van der Waals surface area contributed by atoms with Crippen LogP contribution in [0.3, 0.4) is 0 Å². The molecular weight excluding hydrogens is 380 g/mol. The maximum absolute atomic E-state index is 12.7. The van der Waals surface area contributed by atoms with Gasteiger partial charge in [0.1, 0.15) is 0 Å². The van der Waals surface area contributed by atoms with Crippen LogP contribution in [0, 0.1) is 11.3 Å². The van der Waals surface area contributed by atoms with Crippen LogP contribution in [0.5, 0.6) is 0 Å². The van der Waals surface area contributed by atoms with Crippen molar-refractivity contribution in [1.29, 1.82) is 5.26 Å². The van der Waals surface area contributed by atoms with Crippen LogP contribution in [-0.4, -0.2) is 56.7 Å². The van der Waals surface area contributed by atoms with E-state index in [2.05, 4.69) is 4.72 Å². The predicted molar refractivity (Wildman–Crippen MR) is 102 cm³/mol. The Labute approximate surface area is 163 Å². The van der Waals surface area contributed by atoms with Crippen molar-refractivity contribution < 1.29 is 18.0 Å². The summed E-state index contributed by atoms with van der Waals surface area (Å²) in [5, 5.41) is 8.94. The van der Waals surface area contributed by atoms with E-state index in [1.165, 1.54) is 24.3 Å². The Morgan fingerprint density at radius 1 is 1.07 bits per heavy atom. The highest BCUT2D eigenvalue weighted by Crippen LogP contribution is 2.19. The first-order chi connectivity index (χ1) is 13.4. The third kappa shape index (κ3) is 4.29. The molecule has 1 aliphatic rings. The summed E-state index contributed by atoms with van der Waals surface area (Å²) in [6.07, 6.45) is 0.752. The second-order valence-corrected chi connectivity index (χ2v) is 7.94. The molecule has 0 aromatic heterocycles. The summed E-state index contributed by atoms with van der Waals surface area (Å²) >= 11 is 0. The number of piperazine rings is 1. The van der Waals surface area contributed by atoms with Gasteiger partial charge in [-0.3, -0.25) is 14.3 Å². The molecule has 0 radical (unpaired) electrons. The van der Waals surface area contributed by atoms with Gasteiger partial charge in [-0.15, -0.1) is 0 Å². The number of nitrogens with zero attached hydrogens (tertiary/aromatic N) is 3. The maximum atomic E-state index is 12.7. The summed E-state index contributed by atoms with van der Waals surface area (Å²) in [6.45, 7) is 1.69. The number of hydrogen-bond acceptors (Lipinski definition) is 5. The molecule has 144 valence electrons. The highest BCUT2D eigenvalue weighted by Gasteiger charge is 2.23. The van der Waals surface area contributed by atoms with Gasteiger partial charge in [-0.1, -0.05) is 12.1 Å². The fourth-order valence-corrected chi connectivity index (χ4v) is 3.97. The van der Waals surface area contributed by atoms with Crippen LogP contribution in [0.25, 0.3) is 0 Å². The van der Waals surface area contributed by atoms with Gasteiger partial charge in [0.25, 0.3) is 15.9 Å². The zero-order valence-electron chi connectivity index (χ0n) is 14.9. The molecule has 28 heavy (non-hydrogen) atoms. The molecule has 1 N–H and O–H groups in total. The molecule has 8 nitrogen and oxygen atoms in total. The Kier molecular flexibility index (Phi) is 5.61. The first-order valence-corrected chi connectivity index (χ1v) is 10.0. The molecule has 1 saturated heterocycles. The predicted octanol–water partition coefficient (Wildman–Crippen LogP) is 1.27. The Balaban J connectivity index is 1.79.